The number of halogens is 2. The summed E-state index contributed by atoms with van der Waals surface area (Å²) in [4.78, 5) is 33.2. The molecular weight excluding hydrogens is 731 g/mol. The smallest absolute Gasteiger partial charge is 0.338 e. The minimum atomic E-state index is -0.766. The zero-order valence-electron chi connectivity index (χ0n) is 23.4. The minimum absolute atomic E-state index is 0.0521. The summed E-state index contributed by atoms with van der Waals surface area (Å²) in [6.07, 6.45) is 1.78. The number of methoxy groups -OCH3 is 1. The van der Waals surface area contributed by atoms with Gasteiger partial charge in [-0.3, -0.25) is 9.36 Å². The summed E-state index contributed by atoms with van der Waals surface area (Å²) in [5.74, 6) is 0.839. The summed E-state index contributed by atoms with van der Waals surface area (Å²) in [5, 5.41) is 0. The Kier molecular flexibility index (Phi) is 9.34. The van der Waals surface area contributed by atoms with Gasteiger partial charge in [0, 0.05) is 15.6 Å². The lowest BCUT2D eigenvalue weighted by Crippen LogP contribution is -2.40. The molecule has 0 aliphatic carbocycles. The average molecular weight is 759 g/mol. The van der Waals surface area contributed by atoms with Gasteiger partial charge in [-0.25, -0.2) is 9.79 Å². The number of rotatable bonds is 8. The molecule has 4 aromatic rings. The molecule has 0 radical (unpaired) electrons. The van der Waals surface area contributed by atoms with E-state index in [9.17, 15) is 9.59 Å². The van der Waals surface area contributed by atoms with Crippen LogP contribution in [-0.2, 0) is 9.53 Å². The molecule has 0 N–H and O–H groups in total. The minimum Gasteiger partial charge on any atom is -0.497 e. The molecule has 1 aromatic heterocycles. The van der Waals surface area contributed by atoms with Gasteiger partial charge in [-0.15, -0.1) is 0 Å². The van der Waals surface area contributed by atoms with Crippen molar-refractivity contribution >= 4 is 67.6 Å². The van der Waals surface area contributed by atoms with Crippen molar-refractivity contribution < 1.29 is 19.0 Å². The molecule has 1 atom stereocenters. The number of thiazole rings is 1. The lowest BCUT2D eigenvalue weighted by atomic mass is 9.93. The lowest BCUT2D eigenvalue weighted by molar-refractivity contribution is -0.138. The van der Waals surface area contributed by atoms with Gasteiger partial charge in [0.05, 0.1) is 45.2 Å². The van der Waals surface area contributed by atoms with Crippen LogP contribution in [0.3, 0.4) is 0 Å². The first-order valence-corrected chi connectivity index (χ1v) is 16.0. The standard InChI is InChI=1S/C32H28BrIN2O5S/c1-5-40-31(38)26-27(19-9-7-6-8-10-19)35-32-36(28(26)20-11-13-23(39-4)14-12-20)30(37)25(42-32)16-21-15-22(33)17-24(34)29(21)41-18(2)3/h6-18,28H,5H2,1-4H3/b25-16-/t28-/m1/s1. The summed E-state index contributed by atoms with van der Waals surface area (Å²) in [7, 11) is 1.59. The highest BCUT2D eigenvalue weighted by Crippen LogP contribution is 2.36. The number of esters is 1. The van der Waals surface area contributed by atoms with Crippen molar-refractivity contribution in [1.82, 2.24) is 4.57 Å². The third-order valence-electron chi connectivity index (χ3n) is 6.48. The maximum Gasteiger partial charge on any atom is 0.338 e. The van der Waals surface area contributed by atoms with Crippen molar-refractivity contribution in [2.75, 3.05) is 13.7 Å². The van der Waals surface area contributed by atoms with Gasteiger partial charge in [-0.05, 0) is 79.3 Å². The maximum absolute atomic E-state index is 14.2. The van der Waals surface area contributed by atoms with E-state index in [1.807, 2.05) is 86.7 Å². The van der Waals surface area contributed by atoms with E-state index >= 15 is 0 Å². The maximum atomic E-state index is 14.2. The summed E-state index contributed by atoms with van der Waals surface area (Å²) in [6, 6.07) is 20.0. The number of carbonyl (C=O) groups is 1. The van der Waals surface area contributed by atoms with E-state index in [-0.39, 0.29) is 18.3 Å². The van der Waals surface area contributed by atoms with Crippen LogP contribution in [0, 0.1) is 3.57 Å². The van der Waals surface area contributed by atoms with Gasteiger partial charge >= 0.3 is 5.97 Å². The van der Waals surface area contributed by atoms with Gasteiger partial charge in [0.1, 0.15) is 11.5 Å². The second-order valence-electron chi connectivity index (χ2n) is 9.68. The fourth-order valence-corrected chi connectivity index (χ4v) is 7.40. The molecule has 0 amide bonds. The number of fused-ring (bicyclic) bond motifs is 1. The second kappa shape index (κ2) is 13.0. The molecular formula is C32H28BrIN2O5S. The zero-order chi connectivity index (χ0) is 30.0. The SMILES string of the molecule is CCOC(=O)C1=C(c2ccccc2)N=c2s/c(=C\c3cc(Br)cc(I)c3OC(C)C)c(=O)n2[C@@H]1c1ccc(OC)cc1. The number of hydrogen-bond donors (Lipinski definition) is 0. The van der Waals surface area contributed by atoms with Crippen LogP contribution in [0.5, 0.6) is 11.5 Å². The van der Waals surface area contributed by atoms with Crippen molar-refractivity contribution in [3.05, 3.63) is 117 Å². The molecule has 0 saturated heterocycles. The largest absolute Gasteiger partial charge is 0.497 e. The molecule has 3 aromatic carbocycles. The fourth-order valence-electron chi connectivity index (χ4n) is 4.73. The molecule has 0 fully saturated rings. The van der Waals surface area contributed by atoms with Crippen LogP contribution >= 0.6 is 49.9 Å². The van der Waals surface area contributed by atoms with Crippen molar-refractivity contribution in [1.29, 1.82) is 0 Å². The Morgan fingerprint density at radius 3 is 2.50 bits per heavy atom. The first-order chi connectivity index (χ1) is 20.2. The van der Waals surface area contributed by atoms with Crippen molar-refractivity contribution in [3.8, 4) is 11.5 Å². The predicted molar refractivity (Wildman–Crippen MR) is 177 cm³/mol. The Labute approximate surface area is 269 Å². The van der Waals surface area contributed by atoms with Gasteiger partial charge in [0.15, 0.2) is 4.80 Å². The van der Waals surface area contributed by atoms with Gasteiger partial charge in [-0.2, -0.15) is 0 Å². The Balaban J connectivity index is 1.82. The van der Waals surface area contributed by atoms with E-state index in [0.29, 0.717) is 32.1 Å². The molecule has 0 bridgehead atoms. The van der Waals surface area contributed by atoms with Crippen molar-refractivity contribution in [3.63, 3.8) is 0 Å². The van der Waals surface area contributed by atoms with Gasteiger partial charge in [0.2, 0.25) is 0 Å². The third kappa shape index (κ3) is 6.11. The first kappa shape index (κ1) is 30.2. The monoisotopic (exact) mass is 758 g/mol. The topological polar surface area (TPSA) is 79.1 Å². The third-order valence-corrected chi connectivity index (χ3v) is 8.72. The Morgan fingerprint density at radius 1 is 1.14 bits per heavy atom. The van der Waals surface area contributed by atoms with Crippen molar-refractivity contribution in [2.24, 2.45) is 4.99 Å². The highest BCUT2D eigenvalue weighted by atomic mass is 127. The fraction of sp³-hybridized carbons (Fsp3) is 0.219. The molecule has 0 unspecified atom stereocenters. The van der Waals surface area contributed by atoms with Gasteiger partial charge in [-0.1, -0.05) is 69.7 Å². The number of hydrogen-bond acceptors (Lipinski definition) is 7. The molecule has 10 heteroatoms. The highest BCUT2D eigenvalue weighted by molar-refractivity contribution is 14.1. The van der Waals surface area contributed by atoms with E-state index in [0.717, 1.165) is 24.7 Å². The van der Waals surface area contributed by atoms with Gasteiger partial charge < -0.3 is 14.2 Å². The molecule has 0 saturated carbocycles. The van der Waals surface area contributed by atoms with E-state index in [1.165, 1.54) is 11.3 Å². The van der Waals surface area contributed by atoms with Crippen LogP contribution in [0.1, 0.15) is 43.5 Å². The summed E-state index contributed by atoms with van der Waals surface area (Å²) in [6.45, 7) is 5.87. The van der Waals surface area contributed by atoms with Crippen LogP contribution in [0.25, 0.3) is 11.8 Å². The Morgan fingerprint density at radius 2 is 1.86 bits per heavy atom. The number of aromatic nitrogens is 1. The molecule has 42 heavy (non-hydrogen) atoms. The Hall–Kier alpha value is -3.22. The number of nitrogens with zero attached hydrogens (tertiary/aromatic N) is 2. The predicted octanol–water partition coefficient (Wildman–Crippen LogP) is 6.10. The quantitative estimate of drug-likeness (QED) is 0.161. The van der Waals surface area contributed by atoms with Crippen LogP contribution in [0.4, 0.5) is 0 Å². The molecule has 5 rings (SSSR count). The molecule has 2 heterocycles. The summed E-state index contributed by atoms with van der Waals surface area (Å²) < 4.78 is 20.9. The van der Waals surface area contributed by atoms with Crippen LogP contribution in [0.2, 0.25) is 0 Å². The van der Waals surface area contributed by atoms with E-state index in [1.54, 1.807) is 18.6 Å². The van der Waals surface area contributed by atoms with Crippen LogP contribution in [0.15, 0.2) is 86.6 Å². The van der Waals surface area contributed by atoms with E-state index in [4.69, 9.17) is 19.2 Å². The van der Waals surface area contributed by atoms with E-state index < -0.39 is 12.0 Å². The first-order valence-electron chi connectivity index (χ1n) is 13.3. The lowest BCUT2D eigenvalue weighted by Gasteiger charge is -2.26. The normalized spacial score (nSPS) is 14.9. The van der Waals surface area contributed by atoms with E-state index in [2.05, 4.69) is 38.5 Å². The molecule has 0 spiro atoms. The van der Waals surface area contributed by atoms with Gasteiger partial charge in [0.25, 0.3) is 5.56 Å². The molecule has 1 aliphatic heterocycles. The molecule has 1 aliphatic rings. The Bertz CT molecular complexity index is 1850. The number of carbonyl (C=O) groups excluding carboxylic acids is 1. The van der Waals surface area contributed by atoms with Crippen LogP contribution < -0.4 is 24.4 Å². The summed E-state index contributed by atoms with van der Waals surface area (Å²) in [5.41, 5.74) is 2.76. The number of ether oxygens (including phenoxy) is 3. The van der Waals surface area contributed by atoms with Crippen LogP contribution in [-0.4, -0.2) is 30.4 Å². The second-order valence-corrected chi connectivity index (χ2v) is 12.8. The molecule has 216 valence electrons. The summed E-state index contributed by atoms with van der Waals surface area (Å²) >= 11 is 7.09. The molecule has 7 nitrogen and oxygen atoms in total. The average Bonchev–Trinajstić information content (AvgIpc) is 3.28. The highest BCUT2D eigenvalue weighted by Gasteiger charge is 2.35. The zero-order valence-corrected chi connectivity index (χ0v) is 27.9. The number of benzene rings is 3. The van der Waals surface area contributed by atoms with Crippen molar-refractivity contribution in [2.45, 2.75) is 32.9 Å².